The number of pyridine rings is 2. The summed E-state index contributed by atoms with van der Waals surface area (Å²) in [4.78, 5) is 0. The van der Waals surface area contributed by atoms with Gasteiger partial charge in [0, 0.05) is 37.1 Å². The number of hydrogen-bond donors (Lipinski definition) is 0. The van der Waals surface area contributed by atoms with E-state index >= 15 is 0 Å². The largest absolute Gasteiger partial charge is 1.00 e. The number of unbranched alkanes of at least 4 members (excludes halogenated alkanes) is 11. The third-order valence-corrected chi connectivity index (χ3v) is 6.64. The van der Waals surface area contributed by atoms with Crippen molar-refractivity contribution in [3.63, 3.8) is 0 Å². The van der Waals surface area contributed by atoms with Crippen LogP contribution in [0.25, 0.3) is 0 Å². The Kier molecular flexibility index (Phi) is 22.2. The lowest BCUT2D eigenvalue weighted by Gasteiger charge is -2.03. The Hall–Kier alpha value is -0.740. The number of aromatic nitrogens is 2. The first-order valence-electron chi connectivity index (χ1n) is 13.8. The van der Waals surface area contributed by atoms with Crippen molar-refractivity contribution < 1.29 is 43.1 Å². The molecule has 0 atom stereocenters. The van der Waals surface area contributed by atoms with E-state index in [4.69, 9.17) is 0 Å². The second-order valence-corrected chi connectivity index (χ2v) is 9.63. The Morgan fingerprint density at radius 3 is 1.09 bits per heavy atom. The van der Waals surface area contributed by atoms with Crippen molar-refractivity contribution in [2.24, 2.45) is 0 Å². The molecule has 0 radical (unpaired) electrons. The van der Waals surface area contributed by atoms with Crippen LogP contribution in [0.15, 0.2) is 49.1 Å². The van der Waals surface area contributed by atoms with Crippen LogP contribution in [0.3, 0.4) is 0 Å². The fraction of sp³-hybridized carbons (Fsp3) is 0.667. The summed E-state index contributed by atoms with van der Waals surface area (Å²) in [5.41, 5.74) is 2.99. The lowest BCUT2D eigenvalue weighted by Crippen LogP contribution is -3.00. The summed E-state index contributed by atoms with van der Waals surface area (Å²) in [5, 5.41) is 0. The van der Waals surface area contributed by atoms with Crippen LogP contribution in [-0.4, -0.2) is 0 Å². The Balaban J connectivity index is 0.00000544. The molecule has 0 aliphatic heterocycles. The smallest absolute Gasteiger partial charge is 0.169 e. The minimum absolute atomic E-state index is 0. The summed E-state index contributed by atoms with van der Waals surface area (Å²) in [6.07, 6.45) is 30.5. The summed E-state index contributed by atoms with van der Waals surface area (Å²) in [6, 6.07) is 9.26. The number of hydrogen-bond acceptors (Lipinski definition) is 0. The van der Waals surface area contributed by atoms with E-state index in [1.807, 2.05) is 0 Å². The number of nitrogens with zero attached hydrogens (tertiary/aromatic N) is 2. The number of rotatable bonds is 19. The van der Waals surface area contributed by atoms with E-state index in [1.165, 1.54) is 127 Å². The first-order chi connectivity index (χ1) is 15.8. The second kappa shape index (κ2) is 22.7. The average Bonchev–Trinajstić information content (AvgIpc) is 2.82. The molecule has 4 heteroatoms. The molecule has 0 aliphatic carbocycles. The Morgan fingerprint density at radius 1 is 0.441 bits per heavy atom. The van der Waals surface area contributed by atoms with Crippen LogP contribution in [0.1, 0.15) is 115 Å². The van der Waals surface area contributed by atoms with Crippen molar-refractivity contribution in [1.29, 1.82) is 0 Å². The van der Waals surface area contributed by atoms with E-state index in [9.17, 15) is 0 Å². The van der Waals surface area contributed by atoms with Gasteiger partial charge in [0.2, 0.25) is 0 Å². The highest BCUT2D eigenvalue weighted by Crippen LogP contribution is 2.09. The molecule has 0 saturated carbocycles. The maximum atomic E-state index is 2.36. The zero-order chi connectivity index (χ0) is 22.7. The molecule has 0 spiro atoms. The summed E-state index contributed by atoms with van der Waals surface area (Å²) in [5.74, 6) is 0. The van der Waals surface area contributed by atoms with E-state index in [0.717, 1.165) is 0 Å². The van der Waals surface area contributed by atoms with Gasteiger partial charge in [-0.05, 0) is 49.7 Å². The zero-order valence-corrected chi connectivity index (χ0v) is 25.2. The van der Waals surface area contributed by atoms with Crippen molar-refractivity contribution in [3.05, 3.63) is 60.2 Å². The number of halogens is 2. The quantitative estimate of drug-likeness (QED) is 0.172. The molecule has 0 amide bonds. The fourth-order valence-corrected chi connectivity index (χ4v) is 4.42. The van der Waals surface area contributed by atoms with Crippen molar-refractivity contribution in [2.75, 3.05) is 0 Å². The Morgan fingerprint density at radius 2 is 0.765 bits per heavy atom. The van der Waals surface area contributed by atoms with E-state index in [1.54, 1.807) is 0 Å². The zero-order valence-electron chi connectivity index (χ0n) is 22.0. The molecular formula is C30H50Br2N2. The van der Waals surface area contributed by atoms with Crippen LogP contribution < -0.4 is 43.1 Å². The van der Waals surface area contributed by atoms with Gasteiger partial charge in [-0.15, -0.1) is 0 Å². The lowest BCUT2D eigenvalue weighted by atomic mass is 10.1. The molecular weight excluding hydrogens is 548 g/mol. The summed E-state index contributed by atoms with van der Waals surface area (Å²) < 4.78 is 4.72. The predicted octanol–water partition coefficient (Wildman–Crippen LogP) is 1.56. The van der Waals surface area contributed by atoms with Gasteiger partial charge in [-0.1, -0.05) is 65.2 Å². The molecule has 0 N–H and O–H groups in total. The summed E-state index contributed by atoms with van der Waals surface area (Å²) in [6.45, 7) is 6.88. The highest BCUT2D eigenvalue weighted by Gasteiger charge is 2.03. The van der Waals surface area contributed by atoms with Crippen LogP contribution in [0, 0.1) is 0 Å². The molecule has 2 heterocycles. The van der Waals surface area contributed by atoms with Gasteiger partial charge >= 0.3 is 0 Å². The molecule has 0 aliphatic rings. The predicted molar refractivity (Wildman–Crippen MR) is 137 cm³/mol. The van der Waals surface area contributed by atoms with E-state index in [-0.39, 0.29) is 34.0 Å². The van der Waals surface area contributed by atoms with Crippen molar-refractivity contribution in [3.8, 4) is 0 Å². The van der Waals surface area contributed by atoms with Gasteiger partial charge in [-0.25, -0.2) is 9.13 Å². The molecule has 2 nitrogen and oxygen atoms in total. The maximum absolute atomic E-state index is 2.36. The van der Waals surface area contributed by atoms with Gasteiger partial charge in [0.15, 0.2) is 24.8 Å². The topological polar surface area (TPSA) is 7.76 Å². The maximum Gasteiger partial charge on any atom is 0.169 e. The van der Waals surface area contributed by atoms with Gasteiger partial charge in [0.05, 0.1) is 0 Å². The fourth-order valence-electron chi connectivity index (χ4n) is 4.42. The average molecular weight is 599 g/mol. The van der Waals surface area contributed by atoms with Crippen LogP contribution >= 0.6 is 0 Å². The van der Waals surface area contributed by atoms with Crippen molar-refractivity contribution in [1.82, 2.24) is 0 Å². The van der Waals surface area contributed by atoms with Crippen molar-refractivity contribution >= 4 is 0 Å². The molecule has 194 valence electrons. The Labute approximate surface area is 232 Å². The highest BCUT2D eigenvalue weighted by atomic mass is 79.9. The SMILES string of the molecule is CCCCCc1cc[n+](CCCCCCCCCC[n+]2ccc(CCCCC)cc2)cc1.[Br-].[Br-]. The van der Waals surface area contributed by atoms with Gasteiger partial charge < -0.3 is 34.0 Å². The monoisotopic (exact) mass is 596 g/mol. The first-order valence-corrected chi connectivity index (χ1v) is 13.8. The molecule has 34 heavy (non-hydrogen) atoms. The van der Waals surface area contributed by atoms with Gasteiger partial charge in [-0.2, -0.15) is 0 Å². The summed E-state index contributed by atoms with van der Waals surface area (Å²) in [7, 11) is 0. The normalized spacial score (nSPS) is 10.5. The van der Waals surface area contributed by atoms with Gasteiger partial charge in [-0.3, -0.25) is 0 Å². The lowest BCUT2D eigenvalue weighted by molar-refractivity contribution is -0.697. The van der Waals surface area contributed by atoms with Gasteiger partial charge in [0.25, 0.3) is 0 Å². The van der Waals surface area contributed by atoms with E-state index < -0.39 is 0 Å². The number of aryl methyl sites for hydroxylation is 4. The third kappa shape index (κ3) is 16.0. The van der Waals surface area contributed by atoms with Crippen molar-refractivity contribution in [2.45, 2.75) is 130 Å². The van der Waals surface area contributed by atoms with Gasteiger partial charge in [0.1, 0.15) is 13.1 Å². The molecule has 0 bridgehead atoms. The minimum atomic E-state index is 0. The Bertz CT molecular complexity index is 624. The minimum Gasteiger partial charge on any atom is -1.00 e. The summed E-state index contributed by atoms with van der Waals surface area (Å²) >= 11 is 0. The second-order valence-electron chi connectivity index (χ2n) is 9.63. The molecule has 0 fully saturated rings. The highest BCUT2D eigenvalue weighted by molar-refractivity contribution is 5.07. The van der Waals surface area contributed by atoms with Crippen LogP contribution in [0.5, 0.6) is 0 Å². The van der Waals surface area contributed by atoms with Crippen LogP contribution in [0.2, 0.25) is 0 Å². The molecule has 0 unspecified atom stereocenters. The van der Waals surface area contributed by atoms with E-state index in [2.05, 4.69) is 72.0 Å². The molecule has 0 saturated heterocycles. The molecule has 2 rings (SSSR count). The first kappa shape index (κ1) is 33.3. The third-order valence-electron chi connectivity index (χ3n) is 6.64. The molecule has 2 aromatic heterocycles. The molecule has 2 aromatic rings. The standard InChI is InChI=1S/C30H50N2.2BrH/c1-3-5-13-17-29-19-25-31(26-20-29)23-15-11-9-7-8-10-12-16-24-32-27-21-30(22-28-32)18-14-6-4-2;;/h19-22,25-28H,3-18,23-24H2,1-2H3;2*1H/q+2;;/p-2. The van der Waals surface area contributed by atoms with Crippen LogP contribution in [-0.2, 0) is 25.9 Å². The molecule has 0 aromatic carbocycles. The van der Waals surface area contributed by atoms with Crippen LogP contribution in [0.4, 0.5) is 0 Å². The van der Waals surface area contributed by atoms with E-state index in [0.29, 0.717) is 0 Å².